The summed E-state index contributed by atoms with van der Waals surface area (Å²) in [5, 5.41) is 0. The summed E-state index contributed by atoms with van der Waals surface area (Å²) >= 11 is 0. The van der Waals surface area contributed by atoms with E-state index in [0.29, 0.717) is 11.6 Å². The molecule has 0 N–H and O–H groups in total. The molecule has 4 heterocycles. The summed E-state index contributed by atoms with van der Waals surface area (Å²) in [5.41, 5.74) is 3.56. The van der Waals surface area contributed by atoms with Crippen LogP contribution in [0.3, 0.4) is 0 Å². The van der Waals surface area contributed by atoms with Crippen molar-refractivity contribution in [3.05, 3.63) is 60.0 Å². The maximum absolute atomic E-state index is 12.8. The number of piperidine rings is 1. The van der Waals surface area contributed by atoms with E-state index in [9.17, 15) is 4.79 Å². The summed E-state index contributed by atoms with van der Waals surface area (Å²) in [4.78, 5) is 26.4. The Morgan fingerprint density at radius 2 is 1.83 bits per heavy atom. The van der Waals surface area contributed by atoms with Gasteiger partial charge in [-0.2, -0.15) is 0 Å². The molecule has 29 heavy (non-hydrogen) atoms. The third kappa shape index (κ3) is 3.77. The van der Waals surface area contributed by atoms with Crippen LogP contribution in [-0.4, -0.2) is 62.5 Å². The number of hydrogen-bond acceptors (Lipinski definition) is 4. The average molecular weight is 390 g/mol. The predicted molar refractivity (Wildman–Crippen MR) is 113 cm³/mol. The van der Waals surface area contributed by atoms with Gasteiger partial charge in [-0.1, -0.05) is 36.8 Å². The van der Waals surface area contributed by atoms with E-state index in [1.807, 2.05) is 23.4 Å². The van der Waals surface area contributed by atoms with Crippen molar-refractivity contribution in [1.82, 2.24) is 24.3 Å². The number of carbonyl (C=O) groups excluding carboxylic acids is 1. The minimum atomic E-state index is 0.0755. The molecular weight excluding hydrogens is 362 g/mol. The molecule has 3 aromatic rings. The van der Waals surface area contributed by atoms with Crippen LogP contribution in [0.15, 0.2) is 48.9 Å². The summed E-state index contributed by atoms with van der Waals surface area (Å²) in [6, 6.07) is 12.8. The molecule has 150 valence electrons. The predicted octanol–water partition coefficient (Wildman–Crippen LogP) is 2.98. The first-order valence-electron chi connectivity index (χ1n) is 10.7. The number of likely N-dealkylation sites (tertiary alicyclic amines) is 2. The minimum Gasteiger partial charge on any atom is -0.335 e. The fourth-order valence-electron chi connectivity index (χ4n) is 4.44. The van der Waals surface area contributed by atoms with E-state index >= 15 is 0 Å². The zero-order valence-corrected chi connectivity index (χ0v) is 16.7. The molecule has 0 unspecified atom stereocenters. The molecule has 1 amide bonds. The Labute approximate surface area is 171 Å². The molecular formula is C23H27N5O. The summed E-state index contributed by atoms with van der Waals surface area (Å²) < 4.78 is 2.06. The molecule has 5 rings (SSSR count). The maximum atomic E-state index is 12.8. The number of rotatable bonds is 5. The molecule has 2 aromatic heterocycles. The van der Waals surface area contributed by atoms with Gasteiger partial charge in [0.05, 0.1) is 11.9 Å². The highest BCUT2D eigenvalue weighted by molar-refractivity contribution is 5.96. The zero-order chi connectivity index (χ0) is 19.6. The van der Waals surface area contributed by atoms with Gasteiger partial charge in [-0.15, -0.1) is 0 Å². The lowest BCUT2D eigenvalue weighted by Crippen LogP contribution is -2.61. The van der Waals surface area contributed by atoms with Gasteiger partial charge in [0, 0.05) is 31.9 Å². The number of hydrogen-bond donors (Lipinski definition) is 0. The molecule has 0 bridgehead atoms. The zero-order valence-electron chi connectivity index (χ0n) is 16.7. The highest BCUT2D eigenvalue weighted by Crippen LogP contribution is 2.22. The molecule has 6 heteroatoms. The number of carbonyl (C=O) groups is 1. The van der Waals surface area contributed by atoms with Gasteiger partial charge >= 0.3 is 0 Å². The fourth-order valence-corrected chi connectivity index (χ4v) is 4.44. The number of pyridine rings is 1. The van der Waals surface area contributed by atoms with Crippen LogP contribution in [0.25, 0.3) is 11.2 Å². The number of fused-ring (bicyclic) bond motifs is 1. The normalized spacial score (nSPS) is 18.1. The summed E-state index contributed by atoms with van der Waals surface area (Å²) in [6.45, 7) is 4.86. The highest BCUT2D eigenvalue weighted by atomic mass is 16.2. The minimum absolute atomic E-state index is 0.0755. The first kappa shape index (κ1) is 18.3. The molecule has 1 aromatic carbocycles. The van der Waals surface area contributed by atoms with Crippen molar-refractivity contribution >= 4 is 17.1 Å². The van der Waals surface area contributed by atoms with E-state index in [4.69, 9.17) is 0 Å². The van der Waals surface area contributed by atoms with Crippen LogP contribution >= 0.6 is 0 Å². The Morgan fingerprint density at radius 1 is 1.03 bits per heavy atom. The van der Waals surface area contributed by atoms with E-state index in [1.54, 1.807) is 6.20 Å². The molecule has 0 atom stereocenters. The topological polar surface area (TPSA) is 54.3 Å². The largest absolute Gasteiger partial charge is 0.335 e. The molecule has 2 aliphatic rings. The quantitative estimate of drug-likeness (QED) is 0.673. The first-order chi connectivity index (χ1) is 14.3. The molecule has 0 radical (unpaired) electrons. The lowest BCUT2D eigenvalue weighted by Gasteiger charge is -2.46. The number of nitrogens with zero attached hydrogens (tertiary/aromatic N) is 5. The van der Waals surface area contributed by atoms with Crippen LogP contribution in [0.1, 0.15) is 35.2 Å². The Bertz CT molecular complexity index is 987. The molecule has 2 aliphatic heterocycles. The van der Waals surface area contributed by atoms with Crippen LogP contribution in [-0.2, 0) is 13.0 Å². The number of benzene rings is 1. The van der Waals surface area contributed by atoms with Crippen LogP contribution < -0.4 is 0 Å². The van der Waals surface area contributed by atoms with Crippen LogP contribution in [0, 0.1) is 0 Å². The molecule has 6 nitrogen and oxygen atoms in total. The number of aryl methyl sites for hydroxylation is 2. The van der Waals surface area contributed by atoms with Crippen molar-refractivity contribution in [1.29, 1.82) is 0 Å². The van der Waals surface area contributed by atoms with E-state index in [0.717, 1.165) is 37.2 Å². The monoisotopic (exact) mass is 389 g/mol. The van der Waals surface area contributed by atoms with Crippen molar-refractivity contribution in [3.63, 3.8) is 0 Å². The third-order valence-corrected chi connectivity index (χ3v) is 6.24. The van der Waals surface area contributed by atoms with Crippen LogP contribution in [0.5, 0.6) is 0 Å². The molecule has 0 saturated carbocycles. The molecule has 2 saturated heterocycles. The van der Waals surface area contributed by atoms with Gasteiger partial charge in [0.15, 0.2) is 5.65 Å². The van der Waals surface area contributed by atoms with E-state index in [2.05, 4.69) is 43.7 Å². The SMILES string of the molecule is O=C(c1cnc2c(c1)ncn2CCc1ccccc1)N1CC(N2CCCCC2)C1. The molecule has 0 aliphatic carbocycles. The second-order valence-corrected chi connectivity index (χ2v) is 8.20. The van der Waals surface area contributed by atoms with E-state index in [1.165, 1.54) is 37.9 Å². The lowest BCUT2D eigenvalue weighted by atomic mass is 10.0. The molecule has 0 spiro atoms. The van der Waals surface area contributed by atoms with Crippen LogP contribution in [0.4, 0.5) is 0 Å². The van der Waals surface area contributed by atoms with Gasteiger partial charge in [0.25, 0.3) is 5.91 Å². The summed E-state index contributed by atoms with van der Waals surface area (Å²) in [5.74, 6) is 0.0755. The van der Waals surface area contributed by atoms with Crippen molar-refractivity contribution in [2.75, 3.05) is 26.2 Å². The van der Waals surface area contributed by atoms with Gasteiger partial charge in [-0.25, -0.2) is 9.97 Å². The number of aromatic nitrogens is 3. The Morgan fingerprint density at radius 3 is 2.62 bits per heavy atom. The number of imidazole rings is 1. The van der Waals surface area contributed by atoms with Gasteiger partial charge in [-0.05, 0) is 44.0 Å². The van der Waals surface area contributed by atoms with Gasteiger partial charge in [0.2, 0.25) is 0 Å². The van der Waals surface area contributed by atoms with Crippen molar-refractivity contribution in [2.24, 2.45) is 0 Å². The number of amides is 1. The summed E-state index contributed by atoms with van der Waals surface area (Å²) in [7, 11) is 0. The fraction of sp³-hybridized carbons (Fsp3) is 0.435. The smallest absolute Gasteiger partial charge is 0.255 e. The van der Waals surface area contributed by atoms with Crippen molar-refractivity contribution < 1.29 is 4.79 Å². The summed E-state index contributed by atoms with van der Waals surface area (Å²) in [6.07, 6.45) is 8.39. The third-order valence-electron chi connectivity index (χ3n) is 6.24. The van der Waals surface area contributed by atoms with Gasteiger partial charge < -0.3 is 9.47 Å². The maximum Gasteiger partial charge on any atom is 0.255 e. The Balaban J connectivity index is 1.23. The van der Waals surface area contributed by atoms with Crippen molar-refractivity contribution in [3.8, 4) is 0 Å². The van der Waals surface area contributed by atoms with Crippen molar-refractivity contribution in [2.45, 2.75) is 38.3 Å². The second kappa shape index (κ2) is 7.95. The van der Waals surface area contributed by atoms with E-state index in [-0.39, 0.29) is 5.91 Å². The van der Waals surface area contributed by atoms with E-state index < -0.39 is 0 Å². The van der Waals surface area contributed by atoms with Gasteiger partial charge in [0.1, 0.15) is 5.52 Å². The van der Waals surface area contributed by atoms with Crippen LogP contribution in [0.2, 0.25) is 0 Å². The first-order valence-corrected chi connectivity index (χ1v) is 10.7. The standard InChI is InChI=1S/C23H27N5O/c29-23(28-15-20(16-28)26-10-5-2-6-11-26)19-13-21-22(24-14-19)27(17-25-21)12-9-18-7-3-1-4-8-18/h1,3-4,7-8,13-14,17,20H,2,5-6,9-12,15-16H2. The Kier molecular flexibility index (Phi) is 5.02. The highest BCUT2D eigenvalue weighted by Gasteiger charge is 2.35. The second-order valence-electron chi connectivity index (χ2n) is 8.20. The Hall–Kier alpha value is -2.73. The molecule has 2 fully saturated rings. The van der Waals surface area contributed by atoms with Gasteiger partial charge in [-0.3, -0.25) is 9.69 Å². The average Bonchev–Trinajstić information content (AvgIpc) is 3.15. The lowest BCUT2D eigenvalue weighted by molar-refractivity contribution is 0.0203.